The van der Waals surface area contributed by atoms with Gasteiger partial charge in [-0.25, -0.2) is 0 Å². The fourth-order valence-electron chi connectivity index (χ4n) is 2.75. The summed E-state index contributed by atoms with van der Waals surface area (Å²) in [5.41, 5.74) is 0. The fraction of sp³-hybridized carbons (Fsp3) is 0.625. The third-order valence-electron chi connectivity index (χ3n) is 4.02. The molecule has 0 bridgehead atoms. The second-order valence-corrected chi connectivity index (χ2v) is 6.32. The molecule has 2 rings (SSSR count). The van der Waals surface area contributed by atoms with Gasteiger partial charge in [-0.15, -0.1) is 0 Å². The Hall–Kier alpha value is -0.740. The molecule has 0 aromatic heterocycles. The first-order chi connectivity index (χ1) is 9.70. The van der Waals surface area contributed by atoms with Gasteiger partial charge in [-0.3, -0.25) is 0 Å². The van der Waals surface area contributed by atoms with Crippen molar-refractivity contribution in [3.05, 3.63) is 22.7 Å². The first-order valence-corrected chi connectivity index (χ1v) is 8.19. The molecule has 112 valence electrons. The zero-order valence-corrected chi connectivity index (χ0v) is 13.9. The number of hydrogen-bond acceptors (Lipinski definition) is 3. The van der Waals surface area contributed by atoms with E-state index in [9.17, 15) is 0 Å². The molecule has 1 aromatic rings. The van der Waals surface area contributed by atoms with Crippen LogP contribution < -0.4 is 14.8 Å². The maximum Gasteiger partial charge on any atom is 0.133 e. The lowest BCUT2D eigenvalue weighted by atomic mass is 9.86. The van der Waals surface area contributed by atoms with Crippen LogP contribution in [0.1, 0.15) is 32.6 Å². The molecule has 2 unspecified atom stereocenters. The van der Waals surface area contributed by atoms with E-state index in [4.69, 9.17) is 9.47 Å². The van der Waals surface area contributed by atoms with Gasteiger partial charge in [0.1, 0.15) is 18.1 Å². The van der Waals surface area contributed by atoms with Crippen molar-refractivity contribution in [2.45, 2.75) is 38.6 Å². The Bertz CT molecular complexity index is 425. The Labute approximate surface area is 130 Å². The van der Waals surface area contributed by atoms with Gasteiger partial charge in [0.15, 0.2) is 0 Å². The molecular weight excluding hydrogens is 318 g/mol. The van der Waals surface area contributed by atoms with Gasteiger partial charge in [0.2, 0.25) is 0 Å². The van der Waals surface area contributed by atoms with Crippen LogP contribution in [0.2, 0.25) is 0 Å². The van der Waals surface area contributed by atoms with Gasteiger partial charge in [-0.2, -0.15) is 0 Å². The predicted octanol–water partition coefficient (Wildman–Crippen LogP) is 4.00. The van der Waals surface area contributed by atoms with Crippen molar-refractivity contribution in [2.24, 2.45) is 5.92 Å². The minimum Gasteiger partial charge on any atom is -0.497 e. The highest BCUT2D eigenvalue weighted by Crippen LogP contribution is 2.29. The topological polar surface area (TPSA) is 30.5 Å². The van der Waals surface area contributed by atoms with E-state index in [0.717, 1.165) is 28.4 Å². The molecule has 3 nitrogen and oxygen atoms in total. The van der Waals surface area contributed by atoms with E-state index in [2.05, 4.69) is 28.2 Å². The third kappa shape index (κ3) is 4.38. The van der Waals surface area contributed by atoms with Crippen LogP contribution in [0.4, 0.5) is 0 Å². The van der Waals surface area contributed by atoms with Crippen molar-refractivity contribution in [1.29, 1.82) is 0 Å². The number of nitrogens with one attached hydrogen (secondary N) is 1. The summed E-state index contributed by atoms with van der Waals surface area (Å²) in [4.78, 5) is 0. The normalized spacial score (nSPS) is 22.6. The van der Waals surface area contributed by atoms with Crippen LogP contribution in [0.3, 0.4) is 0 Å². The average molecular weight is 342 g/mol. The molecule has 2 atom stereocenters. The number of ether oxygens (including phenoxy) is 2. The molecule has 1 aliphatic carbocycles. The molecule has 0 saturated heterocycles. The van der Waals surface area contributed by atoms with E-state index < -0.39 is 0 Å². The maximum atomic E-state index is 5.80. The Morgan fingerprint density at radius 1 is 1.30 bits per heavy atom. The fourth-order valence-corrected chi connectivity index (χ4v) is 3.22. The zero-order chi connectivity index (χ0) is 14.4. The second kappa shape index (κ2) is 7.89. The van der Waals surface area contributed by atoms with E-state index >= 15 is 0 Å². The van der Waals surface area contributed by atoms with E-state index in [1.54, 1.807) is 7.11 Å². The molecule has 4 heteroatoms. The smallest absolute Gasteiger partial charge is 0.133 e. The summed E-state index contributed by atoms with van der Waals surface area (Å²) >= 11 is 3.50. The molecule has 0 amide bonds. The molecule has 1 aromatic carbocycles. The highest BCUT2D eigenvalue weighted by atomic mass is 79.9. The first-order valence-electron chi connectivity index (χ1n) is 7.40. The summed E-state index contributed by atoms with van der Waals surface area (Å²) in [6, 6.07) is 6.43. The van der Waals surface area contributed by atoms with Gasteiger partial charge in [-0.1, -0.05) is 19.8 Å². The molecule has 20 heavy (non-hydrogen) atoms. The van der Waals surface area contributed by atoms with Crippen molar-refractivity contribution in [3.63, 3.8) is 0 Å². The summed E-state index contributed by atoms with van der Waals surface area (Å²) in [6.45, 7) is 3.93. The molecular formula is C16H24BrNO2. The molecule has 1 aliphatic rings. The number of halogens is 1. The van der Waals surface area contributed by atoms with E-state index in [-0.39, 0.29) is 0 Å². The molecule has 0 heterocycles. The van der Waals surface area contributed by atoms with Crippen molar-refractivity contribution >= 4 is 15.9 Å². The van der Waals surface area contributed by atoms with Crippen molar-refractivity contribution in [3.8, 4) is 11.5 Å². The third-order valence-corrected chi connectivity index (χ3v) is 4.64. The standard InChI is InChI=1S/C16H24BrNO2/c1-12-5-3-4-6-15(12)18-9-10-20-16-8-7-13(19-2)11-14(16)17/h7-8,11-12,15,18H,3-6,9-10H2,1-2H3. The van der Waals surface area contributed by atoms with E-state index in [1.165, 1.54) is 25.7 Å². The average Bonchev–Trinajstić information content (AvgIpc) is 2.46. The monoisotopic (exact) mass is 341 g/mol. The molecule has 0 aliphatic heterocycles. The molecule has 0 spiro atoms. The predicted molar refractivity (Wildman–Crippen MR) is 85.6 cm³/mol. The number of methoxy groups -OCH3 is 1. The van der Waals surface area contributed by atoms with E-state index in [0.29, 0.717) is 12.6 Å². The maximum absolute atomic E-state index is 5.80. The van der Waals surface area contributed by atoms with Gasteiger partial charge < -0.3 is 14.8 Å². The summed E-state index contributed by atoms with van der Waals surface area (Å²) in [7, 11) is 1.66. The summed E-state index contributed by atoms with van der Waals surface area (Å²) in [5.74, 6) is 2.49. The minimum absolute atomic E-state index is 0.659. The van der Waals surface area contributed by atoms with Gasteiger partial charge in [0, 0.05) is 12.6 Å². The first kappa shape index (κ1) is 15.6. The van der Waals surface area contributed by atoms with Crippen molar-refractivity contribution < 1.29 is 9.47 Å². The van der Waals surface area contributed by atoms with Crippen LogP contribution >= 0.6 is 15.9 Å². The Balaban J connectivity index is 1.73. The molecule has 1 saturated carbocycles. The lowest BCUT2D eigenvalue weighted by Crippen LogP contribution is -2.39. The largest absolute Gasteiger partial charge is 0.497 e. The van der Waals surface area contributed by atoms with Gasteiger partial charge in [0.25, 0.3) is 0 Å². The van der Waals surface area contributed by atoms with Crippen molar-refractivity contribution in [1.82, 2.24) is 5.32 Å². The van der Waals surface area contributed by atoms with Crippen LogP contribution in [0.5, 0.6) is 11.5 Å². The van der Waals surface area contributed by atoms with Gasteiger partial charge in [-0.05, 0) is 52.9 Å². The summed E-state index contributed by atoms with van der Waals surface area (Å²) < 4.78 is 11.9. The van der Waals surface area contributed by atoms with Crippen LogP contribution in [-0.4, -0.2) is 26.3 Å². The van der Waals surface area contributed by atoms with Crippen LogP contribution in [0.15, 0.2) is 22.7 Å². The molecule has 0 radical (unpaired) electrons. The SMILES string of the molecule is COc1ccc(OCCNC2CCCCC2C)c(Br)c1. The van der Waals surface area contributed by atoms with Crippen molar-refractivity contribution in [2.75, 3.05) is 20.3 Å². The summed E-state index contributed by atoms with van der Waals surface area (Å²) in [5, 5.41) is 3.62. The van der Waals surface area contributed by atoms with Crippen LogP contribution in [-0.2, 0) is 0 Å². The lowest BCUT2D eigenvalue weighted by molar-refractivity contribution is 0.250. The molecule has 1 N–H and O–H groups in total. The molecule has 1 fully saturated rings. The summed E-state index contributed by atoms with van der Waals surface area (Å²) in [6.07, 6.45) is 5.39. The zero-order valence-electron chi connectivity index (χ0n) is 12.3. The number of rotatable bonds is 6. The number of benzene rings is 1. The van der Waals surface area contributed by atoms with Gasteiger partial charge >= 0.3 is 0 Å². The Morgan fingerprint density at radius 2 is 2.10 bits per heavy atom. The highest BCUT2D eigenvalue weighted by Gasteiger charge is 2.20. The Kier molecular flexibility index (Phi) is 6.17. The number of hydrogen-bond donors (Lipinski definition) is 1. The second-order valence-electron chi connectivity index (χ2n) is 5.47. The Morgan fingerprint density at radius 3 is 2.80 bits per heavy atom. The van der Waals surface area contributed by atoms with Crippen LogP contribution in [0, 0.1) is 5.92 Å². The quantitative estimate of drug-likeness (QED) is 0.793. The van der Waals surface area contributed by atoms with E-state index in [1.807, 2.05) is 18.2 Å². The highest BCUT2D eigenvalue weighted by molar-refractivity contribution is 9.10. The van der Waals surface area contributed by atoms with Crippen LogP contribution in [0.25, 0.3) is 0 Å². The minimum atomic E-state index is 0.659. The lowest BCUT2D eigenvalue weighted by Gasteiger charge is -2.29. The van der Waals surface area contributed by atoms with Gasteiger partial charge in [0.05, 0.1) is 11.6 Å².